The maximum Gasteiger partial charge on any atom is 0.415 e. The number of benzene rings is 2. The van der Waals surface area contributed by atoms with Crippen molar-refractivity contribution in [3.05, 3.63) is 73.1 Å². The molecule has 0 saturated carbocycles. The summed E-state index contributed by atoms with van der Waals surface area (Å²) in [6.07, 6.45) is 3.51. The molecule has 2 aromatic heterocycles. The van der Waals surface area contributed by atoms with Gasteiger partial charge in [-0.3, -0.25) is 9.97 Å². The van der Waals surface area contributed by atoms with Gasteiger partial charge in [-0.15, -0.1) is 0 Å². The molecule has 0 spiro atoms. The molecule has 4 rings (SSSR count). The van der Waals surface area contributed by atoms with Crippen LogP contribution in [0.3, 0.4) is 0 Å². The van der Waals surface area contributed by atoms with Crippen molar-refractivity contribution in [1.82, 2.24) is 9.97 Å². The van der Waals surface area contributed by atoms with Crippen molar-refractivity contribution in [1.29, 1.82) is 0 Å². The maximum absolute atomic E-state index is 12.8. The average molecular weight is 303 g/mol. The van der Waals surface area contributed by atoms with Gasteiger partial charge in [0.2, 0.25) is 0 Å². The smallest absolute Gasteiger partial charge is 0.256 e. The van der Waals surface area contributed by atoms with Crippen molar-refractivity contribution < 1.29 is 4.57 Å². The van der Waals surface area contributed by atoms with E-state index in [9.17, 15) is 4.57 Å². The van der Waals surface area contributed by atoms with Crippen molar-refractivity contribution >= 4 is 40.2 Å². The fourth-order valence-electron chi connectivity index (χ4n) is 2.52. The standard InChI is InChI=1S/C18H12N2OP/c21-22(15-7-8-17-14(11-15)4-2-9-19-17)16-6-5-13-3-1-10-20-18(13)12-16/h1-12H/q+1. The van der Waals surface area contributed by atoms with E-state index in [0.717, 1.165) is 32.4 Å². The van der Waals surface area contributed by atoms with Crippen LogP contribution in [0.2, 0.25) is 0 Å². The summed E-state index contributed by atoms with van der Waals surface area (Å²) in [5, 5.41) is 3.66. The molecule has 1 unspecified atom stereocenters. The Morgan fingerprint density at radius 3 is 2.23 bits per heavy atom. The summed E-state index contributed by atoms with van der Waals surface area (Å²) in [5.41, 5.74) is 1.78. The summed E-state index contributed by atoms with van der Waals surface area (Å²) >= 11 is 0. The Morgan fingerprint density at radius 2 is 1.36 bits per heavy atom. The van der Waals surface area contributed by atoms with Crippen LogP contribution < -0.4 is 10.6 Å². The zero-order valence-corrected chi connectivity index (χ0v) is 12.6. The molecule has 4 heteroatoms. The van der Waals surface area contributed by atoms with Gasteiger partial charge in [-0.25, -0.2) is 0 Å². The van der Waals surface area contributed by atoms with Crippen LogP contribution in [0.5, 0.6) is 0 Å². The Labute approximate surface area is 128 Å². The first-order valence-corrected chi connectivity index (χ1v) is 8.24. The second-order valence-electron chi connectivity index (χ2n) is 5.06. The highest BCUT2D eigenvalue weighted by Gasteiger charge is 2.24. The number of rotatable bonds is 2. The highest BCUT2D eigenvalue weighted by atomic mass is 31.1. The number of nitrogens with zero attached hydrogens (tertiary/aromatic N) is 2. The second-order valence-corrected chi connectivity index (χ2v) is 6.68. The summed E-state index contributed by atoms with van der Waals surface area (Å²) in [6.45, 7) is 0. The molecule has 0 bridgehead atoms. The van der Waals surface area contributed by atoms with Gasteiger partial charge in [0.15, 0.2) is 10.6 Å². The lowest BCUT2D eigenvalue weighted by molar-refractivity contribution is 0.598. The molecular weight excluding hydrogens is 291 g/mol. The number of hydrogen-bond acceptors (Lipinski definition) is 3. The first-order chi connectivity index (χ1) is 10.8. The van der Waals surface area contributed by atoms with E-state index in [1.807, 2.05) is 60.7 Å². The highest BCUT2D eigenvalue weighted by molar-refractivity contribution is 7.61. The Kier molecular flexibility index (Phi) is 3.14. The monoisotopic (exact) mass is 303 g/mol. The fourth-order valence-corrected chi connectivity index (χ4v) is 3.73. The summed E-state index contributed by atoms with van der Waals surface area (Å²) in [5.74, 6) is 0. The molecule has 0 amide bonds. The lowest BCUT2D eigenvalue weighted by atomic mass is 10.2. The molecule has 2 heterocycles. The van der Waals surface area contributed by atoms with Crippen LogP contribution in [0.25, 0.3) is 21.8 Å². The molecule has 0 N–H and O–H groups in total. The minimum Gasteiger partial charge on any atom is -0.256 e. The van der Waals surface area contributed by atoms with Gasteiger partial charge < -0.3 is 0 Å². The Balaban J connectivity index is 1.80. The van der Waals surface area contributed by atoms with Gasteiger partial charge in [0.25, 0.3) is 0 Å². The maximum atomic E-state index is 12.8. The fraction of sp³-hybridized carbons (Fsp3) is 0. The molecule has 0 aliphatic heterocycles. The number of pyridine rings is 2. The second kappa shape index (κ2) is 5.28. The Bertz CT molecular complexity index is 932. The van der Waals surface area contributed by atoms with Crippen molar-refractivity contribution in [2.45, 2.75) is 0 Å². The lowest BCUT2D eigenvalue weighted by Crippen LogP contribution is -2.06. The van der Waals surface area contributed by atoms with E-state index in [4.69, 9.17) is 0 Å². The van der Waals surface area contributed by atoms with Crippen molar-refractivity contribution in [2.75, 3.05) is 0 Å². The molecule has 0 aliphatic carbocycles. The summed E-state index contributed by atoms with van der Waals surface area (Å²) in [7, 11) is -1.63. The number of aromatic nitrogens is 2. The van der Waals surface area contributed by atoms with Gasteiger partial charge >= 0.3 is 7.80 Å². The molecule has 1 atom stereocenters. The van der Waals surface area contributed by atoms with Crippen molar-refractivity contribution in [2.24, 2.45) is 0 Å². The van der Waals surface area contributed by atoms with E-state index in [1.54, 1.807) is 12.4 Å². The van der Waals surface area contributed by atoms with Gasteiger partial charge in [-0.2, -0.15) is 0 Å². The largest absolute Gasteiger partial charge is 0.415 e. The molecule has 0 radical (unpaired) electrons. The third-order valence-corrected chi connectivity index (χ3v) is 5.14. The third kappa shape index (κ3) is 2.26. The van der Waals surface area contributed by atoms with Crippen LogP contribution in [0.1, 0.15) is 0 Å². The minimum absolute atomic E-state index is 0.796. The SMILES string of the molecule is O=[P+](c1ccc2ncccc2c1)c1ccc2cccnc2c1. The zero-order chi connectivity index (χ0) is 14.9. The molecule has 22 heavy (non-hydrogen) atoms. The van der Waals surface area contributed by atoms with E-state index >= 15 is 0 Å². The molecule has 4 aromatic rings. The molecule has 2 aromatic carbocycles. The Morgan fingerprint density at radius 1 is 0.682 bits per heavy atom. The quantitative estimate of drug-likeness (QED) is 0.532. The average Bonchev–Trinajstić information content (AvgIpc) is 2.60. The van der Waals surface area contributed by atoms with Crippen molar-refractivity contribution in [3.8, 4) is 0 Å². The van der Waals surface area contributed by atoms with E-state index in [-0.39, 0.29) is 0 Å². The third-order valence-electron chi connectivity index (χ3n) is 3.65. The topological polar surface area (TPSA) is 42.9 Å². The Hall–Kier alpha value is -2.64. The van der Waals surface area contributed by atoms with Gasteiger partial charge in [0.05, 0.1) is 11.0 Å². The molecule has 0 saturated heterocycles. The van der Waals surface area contributed by atoms with Crippen LogP contribution in [0, 0.1) is 0 Å². The lowest BCUT2D eigenvalue weighted by Gasteiger charge is -1.97. The summed E-state index contributed by atoms with van der Waals surface area (Å²) in [4.78, 5) is 8.62. The summed E-state index contributed by atoms with van der Waals surface area (Å²) < 4.78 is 12.8. The van der Waals surface area contributed by atoms with E-state index < -0.39 is 7.80 Å². The summed E-state index contributed by atoms with van der Waals surface area (Å²) in [6, 6.07) is 19.3. The number of hydrogen-bond donors (Lipinski definition) is 0. The van der Waals surface area contributed by atoms with Gasteiger partial charge in [-0.05, 0) is 36.4 Å². The van der Waals surface area contributed by atoms with E-state index in [0.29, 0.717) is 0 Å². The van der Waals surface area contributed by atoms with Gasteiger partial charge in [0, 0.05) is 35.3 Å². The highest BCUT2D eigenvalue weighted by Crippen LogP contribution is 2.23. The van der Waals surface area contributed by atoms with Gasteiger partial charge in [-0.1, -0.05) is 16.7 Å². The first kappa shape index (κ1) is 13.1. The van der Waals surface area contributed by atoms with E-state index in [2.05, 4.69) is 9.97 Å². The van der Waals surface area contributed by atoms with Gasteiger partial charge in [0.1, 0.15) is 0 Å². The normalized spacial score (nSPS) is 11.7. The van der Waals surface area contributed by atoms with Crippen molar-refractivity contribution in [3.63, 3.8) is 0 Å². The first-order valence-electron chi connectivity index (χ1n) is 6.98. The predicted octanol–water partition coefficient (Wildman–Crippen LogP) is 3.56. The van der Waals surface area contributed by atoms with Crippen LogP contribution >= 0.6 is 7.80 Å². The zero-order valence-electron chi connectivity index (χ0n) is 11.7. The molecule has 0 aliphatic rings. The van der Waals surface area contributed by atoms with Crippen LogP contribution in [0.4, 0.5) is 0 Å². The number of fused-ring (bicyclic) bond motifs is 2. The minimum atomic E-state index is -1.63. The molecule has 104 valence electrons. The predicted molar refractivity (Wildman–Crippen MR) is 90.4 cm³/mol. The van der Waals surface area contributed by atoms with Crippen LogP contribution in [0.15, 0.2) is 73.1 Å². The van der Waals surface area contributed by atoms with Crippen LogP contribution in [-0.2, 0) is 4.57 Å². The molecular formula is C18H12N2OP+. The molecule has 0 fully saturated rings. The van der Waals surface area contributed by atoms with E-state index in [1.165, 1.54) is 0 Å². The molecule has 3 nitrogen and oxygen atoms in total. The van der Waals surface area contributed by atoms with Crippen LogP contribution in [-0.4, -0.2) is 9.97 Å².